The molecular weight excluding hydrogens is 518 g/mol. The van der Waals surface area contributed by atoms with Crippen LogP contribution in [0, 0.1) is 20.2 Å². The molecule has 11 nitrogen and oxygen atoms in total. The first-order valence-electron chi connectivity index (χ1n) is 12.0. The van der Waals surface area contributed by atoms with Crippen LogP contribution in [-0.4, -0.2) is 43.4 Å². The normalized spacial score (nSPS) is 15.5. The van der Waals surface area contributed by atoms with Gasteiger partial charge in [-0.3, -0.25) is 29.4 Å². The van der Waals surface area contributed by atoms with Gasteiger partial charge in [0.1, 0.15) is 0 Å². The van der Waals surface area contributed by atoms with Gasteiger partial charge in [0.2, 0.25) is 0 Å². The van der Waals surface area contributed by atoms with Crippen LogP contribution in [0.15, 0.2) is 48.5 Å². The fourth-order valence-electron chi connectivity index (χ4n) is 4.53. The highest BCUT2D eigenvalue weighted by Crippen LogP contribution is 2.67. The Kier molecular flexibility index (Phi) is 9.96. The van der Waals surface area contributed by atoms with Crippen molar-refractivity contribution in [2.45, 2.75) is 79.6 Å². The number of nitro groups is 2. The van der Waals surface area contributed by atoms with Crippen molar-refractivity contribution >= 4 is 37.0 Å². The largest absolute Gasteiger partial charge is 0.309 e. The lowest BCUT2D eigenvalue weighted by molar-refractivity contribution is -0.385. The SMILES string of the molecule is CC(C)N(C(C)C)P(=O)(OP(=O)(c1ccc([N+](=O)[O-])cc1)N(C(C)C)C(C)C)c1ccc([N+](=O)[O-])cc1. The molecule has 0 heterocycles. The molecule has 2 unspecified atom stereocenters. The van der Waals surface area contributed by atoms with Crippen LogP contribution < -0.4 is 10.6 Å². The smallest absolute Gasteiger partial charge is 0.269 e. The minimum absolute atomic E-state index is 0.162. The molecule has 0 spiro atoms. The molecule has 37 heavy (non-hydrogen) atoms. The van der Waals surface area contributed by atoms with E-state index in [2.05, 4.69) is 0 Å². The summed E-state index contributed by atoms with van der Waals surface area (Å²) >= 11 is 0. The number of benzene rings is 2. The maximum absolute atomic E-state index is 15.0. The first-order valence-corrected chi connectivity index (χ1v) is 15.2. The van der Waals surface area contributed by atoms with Gasteiger partial charge in [0.15, 0.2) is 0 Å². The number of rotatable bonds is 12. The summed E-state index contributed by atoms with van der Waals surface area (Å²) in [6, 6.07) is 9.20. The molecule has 0 saturated carbocycles. The van der Waals surface area contributed by atoms with E-state index in [0.29, 0.717) is 0 Å². The van der Waals surface area contributed by atoms with Gasteiger partial charge in [0.25, 0.3) is 11.4 Å². The zero-order valence-electron chi connectivity index (χ0n) is 22.5. The molecule has 0 fully saturated rings. The summed E-state index contributed by atoms with van der Waals surface area (Å²) in [5, 5.41) is 22.8. The zero-order chi connectivity index (χ0) is 28.3. The molecule has 0 N–H and O–H groups in total. The number of hydrogen-bond acceptors (Lipinski definition) is 7. The van der Waals surface area contributed by atoms with Crippen molar-refractivity contribution in [3.63, 3.8) is 0 Å². The number of nitrogens with zero attached hydrogens (tertiary/aromatic N) is 4. The quantitative estimate of drug-likeness (QED) is 0.173. The highest BCUT2D eigenvalue weighted by Gasteiger charge is 2.48. The van der Waals surface area contributed by atoms with Gasteiger partial charge >= 0.3 is 15.0 Å². The van der Waals surface area contributed by atoms with Crippen LogP contribution in [0.2, 0.25) is 0 Å². The van der Waals surface area contributed by atoms with Crippen LogP contribution in [0.25, 0.3) is 0 Å². The molecule has 0 aliphatic carbocycles. The topological polar surface area (TPSA) is 136 Å². The average Bonchev–Trinajstić information content (AvgIpc) is 2.77. The van der Waals surface area contributed by atoms with Crippen molar-refractivity contribution in [3.8, 4) is 0 Å². The fraction of sp³-hybridized carbons (Fsp3) is 0.500. The third-order valence-electron chi connectivity index (χ3n) is 5.72. The van der Waals surface area contributed by atoms with Gasteiger partial charge in [-0.25, -0.2) is 13.7 Å². The minimum atomic E-state index is -4.12. The van der Waals surface area contributed by atoms with E-state index in [-0.39, 0.29) is 46.2 Å². The van der Waals surface area contributed by atoms with Crippen molar-refractivity contribution in [1.82, 2.24) is 9.34 Å². The molecule has 2 aromatic rings. The Labute approximate surface area is 218 Å². The van der Waals surface area contributed by atoms with Crippen molar-refractivity contribution in [3.05, 3.63) is 68.8 Å². The van der Waals surface area contributed by atoms with Crippen LogP contribution in [0.4, 0.5) is 11.4 Å². The number of nitro benzene ring substituents is 2. The molecule has 0 saturated heterocycles. The standard InChI is InChI=1S/C24H36N4O7P2/c1-17(2)25(18(3)4)36(33,23-13-9-21(10-14-23)27(29)30)35-37(34,26(19(5)6)20(7)8)24-15-11-22(12-16-24)28(31)32/h9-20H,1-8H3. The lowest BCUT2D eigenvalue weighted by Gasteiger charge is -2.43. The number of hydrogen-bond donors (Lipinski definition) is 0. The first-order chi connectivity index (χ1) is 17.1. The maximum Gasteiger partial charge on any atom is 0.309 e. The fourth-order valence-corrected chi connectivity index (χ4v) is 11.2. The molecule has 0 bridgehead atoms. The minimum Gasteiger partial charge on any atom is -0.269 e. The summed E-state index contributed by atoms with van der Waals surface area (Å²) in [5.41, 5.74) is -0.360. The van der Waals surface area contributed by atoms with E-state index >= 15 is 9.13 Å². The Morgan fingerprint density at radius 2 is 0.838 bits per heavy atom. The van der Waals surface area contributed by atoms with Gasteiger partial charge in [-0.2, -0.15) is 0 Å². The molecule has 0 amide bonds. The Morgan fingerprint density at radius 3 is 1.03 bits per heavy atom. The first kappa shape index (κ1) is 30.8. The van der Waals surface area contributed by atoms with Gasteiger partial charge < -0.3 is 0 Å². The lowest BCUT2D eigenvalue weighted by Crippen LogP contribution is -2.42. The highest BCUT2D eigenvalue weighted by atomic mass is 31.2. The van der Waals surface area contributed by atoms with E-state index in [1.54, 1.807) is 9.34 Å². The van der Waals surface area contributed by atoms with Crippen LogP contribution >= 0.6 is 15.0 Å². The average molecular weight is 555 g/mol. The number of non-ortho nitro benzene ring substituents is 2. The highest BCUT2D eigenvalue weighted by molar-refractivity contribution is 7.77. The van der Waals surface area contributed by atoms with Crippen molar-refractivity contribution in [2.24, 2.45) is 0 Å². The molecule has 2 rings (SSSR count). The van der Waals surface area contributed by atoms with E-state index in [1.165, 1.54) is 48.5 Å². The van der Waals surface area contributed by atoms with Gasteiger partial charge in [-0.05, 0) is 79.7 Å². The molecule has 0 aliphatic rings. The third-order valence-corrected chi connectivity index (χ3v) is 12.5. The molecule has 0 aromatic heterocycles. The van der Waals surface area contributed by atoms with Crippen LogP contribution in [-0.2, 0) is 13.4 Å². The summed E-state index contributed by atoms with van der Waals surface area (Å²) in [6.45, 7) is 14.7. The maximum atomic E-state index is 15.0. The van der Waals surface area contributed by atoms with Crippen molar-refractivity contribution < 1.29 is 23.3 Å². The van der Waals surface area contributed by atoms with E-state index in [0.717, 1.165) is 0 Å². The Balaban J connectivity index is 2.87. The molecule has 13 heteroatoms. The molecular formula is C24H36N4O7P2. The monoisotopic (exact) mass is 554 g/mol. The van der Waals surface area contributed by atoms with Gasteiger partial charge in [-0.1, -0.05) is 0 Å². The van der Waals surface area contributed by atoms with E-state index in [4.69, 9.17) is 4.31 Å². The summed E-state index contributed by atoms with van der Waals surface area (Å²) in [6.07, 6.45) is 0. The van der Waals surface area contributed by atoms with Crippen molar-refractivity contribution in [2.75, 3.05) is 0 Å². The van der Waals surface area contributed by atoms with Gasteiger partial charge in [0.05, 0.1) is 20.5 Å². The lowest BCUT2D eigenvalue weighted by atomic mass is 10.3. The summed E-state index contributed by atoms with van der Waals surface area (Å²) in [7, 11) is -8.25. The summed E-state index contributed by atoms with van der Waals surface area (Å²) < 4.78 is 39.7. The molecule has 2 aromatic carbocycles. The van der Waals surface area contributed by atoms with Crippen LogP contribution in [0.3, 0.4) is 0 Å². The molecule has 2 atom stereocenters. The Hall–Kier alpha value is -2.42. The molecule has 0 radical (unpaired) electrons. The predicted molar refractivity (Wildman–Crippen MR) is 146 cm³/mol. The second-order valence-electron chi connectivity index (χ2n) is 9.80. The van der Waals surface area contributed by atoms with E-state index in [1.807, 2.05) is 55.4 Å². The summed E-state index contributed by atoms with van der Waals surface area (Å²) in [4.78, 5) is 21.4. The van der Waals surface area contributed by atoms with Crippen LogP contribution in [0.1, 0.15) is 55.4 Å². The van der Waals surface area contributed by atoms with Gasteiger partial charge in [-0.15, -0.1) is 0 Å². The molecule has 204 valence electrons. The van der Waals surface area contributed by atoms with Gasteiger partial charge in [0, 0.05) is 48.4 Å². The van der Waals surface area contributed by atoms with Crippen molar-refractivity contribution in [1.29, 1.82) is 0 Å². The second kappa shape index (κ2) is 12.0. The Bertz CT molecular complexity index is 1090. The zero-order valence-corrected chi connectivity index (χ0v) is 24.3. The Morgan fingerprint density at radius 1 is 0.595 bits per heavy atom. The third kappa shape index (κ3) is 6.54. The van der Waals surface area contributed by atoms with E-state index in [9.17, 15) is 20.2 Å². The molecule has 0 aliphatic heterocycles. The second-order valence-corrected chi connectivity index (χ2v) is 14.5. The van der Waals surface area contributed by atoms with Crippen LogP contribution in [0.5, 0.6) is 0 Å². The summed E-state index contributed by atoms with van der Waals surface area (Å²) in [5.74, 6) is 0. The predicted octanol–water partition coefficient (Wildman–Crippen LogP) is 6.09. The van der Waals surface area contributed by atoms with E-state index < -0.39 is 24.9 Å².